The van der Waals surface area contributed by atoms with Gasteiger partial charge in [-0.1, -0.05) is 48.5 Å². The van der Waals surface area contributed by atoms with Crippen molar-refractivity contribution in [2.24, 2.45) is 0 Å². The van der Waals surface area contributed by atoms with E-state index in [1.54, 1.807) is 0 Å². The molecule has 0 aliphatic carbocycles. The molecule has 6 heteroatoms. The molecule has 168 valence electrons. The zero-order chi connectivity index (χ0) is 21.9. The summed E-state index contributed by atoms with van der Waals surface area (Å²) >= 11 is 4.82. The minimum absolute atomic E-state index is 0.328. The van der Waals surface area contributed by atoms with Gasteiger partial charge in [-0.05, 0) is 70.9 Å². The first kappa shape index (κ1) is 22.7. The predicted molar refractivity (Wildman–Crippen MR) is 142 cm³/mol. The molecule has 0 aromatic heterocycles. The van der Waals surface area contributed by atoms with Crippen LogP contribution in [0.3, 0.4) is 0 Å². The normalized spacial score (nSPS) is 24.2. The van der Waals surface area contributed by atoms with Gasteiger partial charge in [-0.3, -0.25) is 0 Å². The summed E-state index contributed by atoms with van der Waals surface area (Å²) in [5.41, 5.74) is 4.71. The van der Waals surface area contributed by atoms with Crippen molar-refractivity contribution in [2.75, 3.05) is 13.2 Å². The quantitative estimate of drug-likeness (QED) is 0.269. The zero-order valence-corrected chi connectivity index (χ0v) is 22.1. The van der Waals surface area contributed by atoms with Gasteiger partial charge in [-0.25, -0.2) is 0 Å². The third-order valence-corrected chi connectivity index (χ3v) is 8.39. The van der Waals surface area contributed by atoms with Crippen LogP contribution >= 0.6 is 45.2 Å². The Morgan fingerprint density at radius 2 is 1.03 bits per heavy atom. The smallest absolute Gasteiger partial charge is 0.226 e. The highest BCUT2D eigenvalue weighted by Gasteiger charge is 2.29. The fraction of sp³-hybridized carbons (Fsp3) is 0.385. The molecule has 3 heterocycles. The van der Waals surface area contributed by atoms with Crippen molar-refractivity contribution in [2.45, 2.75) is 51.1 Å². The summed E-state index contributed by atoms with van der Waals surface area (Å²) in [5.74, 6) is 2.06. The van der Waals surface area contributed by atoms with Crippen molar-refractivity contribution in [1.82, 2.24) is 0 Å². The van der Waals surface area contributed by atoms with Crippen molar-refractivity contribution in [3.05, 3.63) is 82.3 Å². The molecular formula is C26H26I2O4. The van der Waals surface area contributed by atoms with Gasteiger partial charge in [-0.2, -0.15) is 0 Å². The van der Waals surface area contributed by atoms with Crippen LogP contribution in [-0.4, -0.2) is 13.2 Å². The molecule has 2 aromatic carbocycles. The second-order valence-electron chi connectivity index (χ2n) is 8.20. The van der Waals surface area contributed by atoms with Gasteiger partial charge >= 0.3 is 0 Å². The highest BCUT2D eigenvalue weighted by molar-refractivity contribution is 14.1. The van der Waals surface area contributed by atoms with E-state index in [1.807, 2.05) is 0 Å². The molecule has 4 bridgehead atoms. The van der Waals surface area contributed by atoms with E-state index >= 15 is 0 Å². The van der Waals surface area contributed by atoms with Crippen LogP contribution in [0.4, 0.5) is 0 Å². The standard InChI is InChI=1S/C26H26I2O4/c27-23-17-9-1-3-11-19(17)25-29-15-8-6-14-22-24(28)18-10-2-4-12-20(18)26(32-22)30-16-7-5-13-21(23)31-25/h1-4,9-12,25-26H,5-8,13-16H2/t25-,26-/m0/s1. The molecule has 2 aromatic rings. The molecule has 3 aliphatic heterocycles. The fourth-order valence-corrected chi connectivity index (χ4v) is 6.11. The van der Waals surface area contributed by atoms with Gasteiger partial charge in [0.15, 0.2) is 0 Å². The first-order valence-corrected chi connectivity index (χ1v) is 13.4. The maximum atomic E-state index is 6.34. The molecule has 5 rings (SSSR count). The molecule has 2 atom stereocenters. The van der Waals surface area contributed by atoms with E-state index in [0.29, 0.717) is 13.2 Å². The Bertz CT molecular complexity index is 962. The lowest BCUT2D eigenvalue weighted by molar-refractivity contribution is -0.131. The molecule has 0 N–H and O–H groups in total. The van der Waals surface area contributed by atoms with E-state index in [2.05, 4.69) is 93.7 Å². The molecule has 1 saturated heterocycles. The summed E-state index contributed by atoms with van der Waals surface area (Å²) in [6.07, 6.45) is 4.97. The minimum Gasteiger partial charge on any atom is -0.464 e. The summed E-state index contributed by atoms with van der Waals surface area (Å²) in [4.78, 5) is 0. The van der Waals surface area contributed by atoms with Crippen molar-refractivity contribution in [3.8, 4) is 0 Å². The molecule has 4 nitrogen and oxygen atoms in total. The number of fused-ring (bicyclic) bond motifs is 8. The van der Waals surface area contributed by atoms with E-state index in [0.717, 1.165) is 61.2 Å². The first-order chi connectivity index (χ1) is 15.7. The Balaban J connectivity index is 1.37. The zero-order valence-electron chi connectivity index (χ0n) is 17.8. The van der Waals surface area contributed by atoms with Gasteiger partial charge < -0.3 is 18.9 Å². The van der Waals surface area contributed by atoms with Crippen molar-refractivity contribution < 1.29 is 18.9 Å². The van der Waals surface area contributed by atoms with Crippen LogP contribution < -0.4 is 0 Å². The minimum atomic E-state index is -0.328. The number of ether oxygens (including phenoxy) is 4. The van der Waals surface area contributed by atoms with Crippen LogP contribution in [0, 0.1) is 0 Å². The second kappa shape index (κ2) is 10.4. The van der Waals surface area contributed by atoms with Gasteiger partial charge in [0.2, 0.25) is 12.6 Å². The average Bonchev–Trinajstić information content (AvgIpc) is 2.82. The number of halogens is 2. The Kier molecular flexibility index (Phi) is 7.40. The van der Waals surface area contributed by atoms with Crippen LogP contribution in [-0.2, 0) is 18.9 Å². The Hall–Kier alpha value is -1.10. The first-order valence-electron chi connectivity index (χ1n) is 11.2. The highest BCUT2D eigenvalue weighted by atomic mass is 127. The van der Waals surface area contributed by atoms with E-state index in [4.69, 9.17) is 18.9 Å². The van der Waals surface area contributed by atoms with Gasteiger partial charge in [0.1, 0.15) is 11.5 Å². The van der Waals surface area contributed by atoms with E-state index < -0.39 is 0 Å². The summed E-state index contributed by atoms with van der Waals surface area (Å²) in [6.45, 7) is 1.31. The third kappa shape index (κ3) is 4.74. The lowest BCUT2D eigenvalue weighted by Gasteiger charge is -2.30. The van der Waals surface area contributed by atoms with Crippen molar-refractivity contribution in [1.29, 1.82) is 0 Å². The Labute approximate surface area is 216 Å². The number of allylic oxidation sites excluding steroid dienone is 2. The summed E-state index contributed by atoms with van der Waals surface area (Å²) in [6, 6.07) is 16.8. The lowest BCUT2D eigenvalue weighted by Crippen LogP contribution is -2.18. The van der Waals surface area contributed by atoms with E-state index in [9.17, 15) is 0 Å². The van der Waals surface area contributed by atoms with Gasteiger partial charge in [-0.15, -0.1) is 0 Å². The van der Waals surface area contributed by atoms with Gasteiger partial charge in [0, 0.05) is 35.1 Å². The predicted octanol–water partition coefficient (Wildman–Crippen LogP) is 8.04. The number of hydrogen-bond donors (Lipinski definition) is 0. The fourth-order valence-electron chi connectivity index (χ4n) is 4.34. The van der Waals surface area contributed by atoms with E-state index in [1.165, 1.54) is 18.3 Å². The molecular weight excluding hydrogens is 630 g/mol. The molecule has 0 saturated carbocycles. The average molecular weight is 656 g/mol. The van der Waals surface area contributed by atoms with Crippen molar-refractivity contribution in [3.63, 3.8) is 0 Å². The van der Waals surface area contributed by atoms with Crippen molar-refractivity contribution >= 4 is 52.3 Å². The Morgan fingerprint density at radius 3 is 1.50 bits per heavy atom. The topological polar surface area (TPSA) is 36.9 Å². The number of rotatable bonds is 0. The summed E-state index contributed by atoms with van der Waals surface area (Å²) in [5, 5.41) is 0. The Morgan fingerprint density at radius 1 is 0.594 bits per heavy atom. The van der Waals surface area contributed by atoms with Crippen LogP contribution in [0.15, 0.2) is 60.0 Å². The molecule has 3 aliphatic rings. The monoisotopic (exact) mass is 656 g/mol. The SMILES string of the molecule is IC1=C2CCCCO[C@H]3OC(=C(I)c4ccccc43)CCCCO[C@@H](O2)c2ccccc21. The maximum absolute atomic E-state index is 6.34. The van der Waals surface area contributed by atoms with Crippen LogP contribution in [0.5, 0.6) is 0 Å². The van der Waals surface area contributed by atoms with Crippen LogP contribution in [0.2, 0.25) is 0 Å². The second-order valence-corrected chi connectivity index (χ2v) is 10.4. The summed E-state index contributed by atoms with van der Waals surface area (Å²) in [7, 11) is 0. The molecule has 32 heavy (non-hydrogen) atoms. The molecule has 0 spiro atoms. The van der Waals surface area contributed by atoms with Gasteiger partial charge in [0.05, 0.1) is 20.4 Å². The maximum Gasteiger partial charge on any atom is 0.226 e. The molecule has 1 fully saturated rings. The highest BCUT2D eigenvalue weighted by Crippen LogP contribution is 2.44. The summed E-state index contributed by atoms with van der Waals surface area (Å²) < 4.78 is 27.5. The van der Waals surface area contributed by atoms with Crippen LogP contribution in [0.25, 0.3) is 7.16 Å². The van der Waals surface area contributed by atoms with E-state index in [-0.39, 0.29) is 12.6 Å². The molecule has 0 unspecified atom stereocenters. The number of hydrogen-bond acceptors (Lipinski definition) is 4. The van der Waals surface area contributed by atoms with Gasteiger partial charge in [0.25, 0.3) is 0 Å². The lowest BCUT2D eigenvalue weighted by atomic mass is 10.0. The third-order valence-electron chi connectivity index (χ3n) is 6.03. The molecule has 0 amide bonds. The van der Waals surface area contributed by atoms with Crippen LogP contribution in [0.1, 0.15) is 73.4 Å². The molecule has 0 radical (unpaired) electrons. The number of benzene rings is 2. The largest absolute Gasteiger partial charge is 0.464 e.